The second-order valence-corrected chi connectivity index (χ2v) is 9.92. The molecule has 0 aromatic carbocycles. The monoisotopic (exact) mass is 592 g/mol. The number of rotatable bonds is 10. The number of hydrogen-bond donors (Lipinski definition) is 2. The van der Waals surface area contributed by atoms with E-state index in [1.54, 1.807) is 0 Å². The Morgan fingerprint density at radius 3 is 2.49 bits per heavy atom. The van der Waals surface area contributed by atoms with E-state index >= 15 is 0 Å². The standard InChI is InChI=1S/C22H26F6N10O3/c1-10-3-5-12(6-4-10)17(30-20(39)16-11(2)33-41-34-16)21(40)29-13-8-37(32-18(13)25)14(7-15(23)24)19-31-35-36-38(19)9-22(26,27)28/h8,10,12,14-15,17H,3-7,9H2,1-2H3,(H,29,40)(H,30,39)/t10-,12-,14?,17-/m0/s1. The van der Waals surface area contributed by atoms with E-state index in [-0.39, 0.29) is 22.0 Å². The van der Waals surface area contributed by atoms with Crippen LogP contribution in [0.15, 0.2) is 10.8 Å². The lowest BCUT2D eigenvalue weighted by Gasteiger charge is -2.32. The van der Waals surface area contributed by atoms with Crippen molar-refractivity contribution in [2.75, 3.05) is 5.32 Å². The molecule has 0 bridgehead atoms. The lowest BCUT2D eigenvalue weighted by molar-refractivity contribution is -0.143. The summed E-state index contributed by atoms with van der Waals surface area (Å²) >= 11 is 0. The second kappa shape index (κ2) is 12.2. The molecule has 19 heteroatoms. The van der Waals surface area contributed by atoms with E-state index in [0.29, 0.717) is 23.4 Å². The zero-order valence-electron chi connectivity index (χ0n) is 21.8. The van der Waals surface area contributed by atoms with Gasteiger partial charge >= 0.3 is 6.18 Å². The summed E-state index contributed by atoms with van der Waals surface area (Å²) in [6.45, 7) is 1.86. The van der Waals surface area contributed by atoms with Gasteiger partial charge in [-0.05, 0) is 47.2 Å². The first-order chi connectivity index (χ1) is 19.3. The van der Waals surface area contributed by atoms with Crippen molar-refractivity contribution in [1.82, 2.24) is 45.6 Å². The van der Waals surface area contributed by atoms with Gasteiger partial charge in [0, 0.05) is 6.42 Å². The number of amides is 2. The molecule has 1 fully saturated rings. The molecule has 0 aliphatic heterocycles. The highest BCUT2D eigenvalue weighted by atomic mass is 19.4. The Labute approximate surface area is 228 Å². The highest BCUT2D eigenvalue weighted by molar-refractivity contribution is 6.00. The SMILES string of the molecule is Cc1nonc1C(=O)N[C@H](C(=O)Nc1cn(C(CC(F)F)c2nnnn2CC(F)(F)F)nc1F)[C@H]1CC[C@H](C)CC1. The van der Waals surface area contributed by atoms with E-state index in [4.69, 9.17) is 0 Å². The van der Waals surface area contributed by atoms with Gasteiger partial charge in [-0.3, -0.25) is 14.3 Å². The zero-order chi connectivity index (χ0) is 29.9. The summed E-state index contributed by atoms with van der Waals surface area (Å²) in [6.07, 6.45) is -5.36. The number of nitrogens with zero attached hydrogens (tertiary/aromatic N) is 8. The number of carbonyl (C=O) groups is 2. The van der Waals surface area contributed by atoms with Crippen LogP contribution < -0.4 is 10.6 Å². The Morgan fingerprint density at radius 1 is 1.17 bits per heavy atom. The summed E-state index contributed by atoms with van der Waals surface area (Å²) in [6, 6.07) is -2.85. The third-order valence-electron chi connectivity index (χ3n) is 6.82. The van der Waals surface area contributed by atoms with E-state index in [2.05, 4.69) is 53.1 Å². The molecule has 224 valence electrons. The Bertz CT molecular complexity index is 1350. The molecular formula is C22H26F6N10O3. The van der Waals surface area contributed by atoms with E-state index in [1.807, 2.05) is 0 Å². The van der Waals surface area contributed by atoms with Gasteiger partial charge in [-0.25, -0.2) is 18.1 Å². The molecule has 1 aliphatic carbocycles. The quantitative estimate of drug-likeness (QED) is 0.338. The molecule has 2 N–H and O–H groups in total. The summed E-state index contributed by atoms with van der Waals surface area (Å²) in [5.74, 6) is -3.42. The van der Waals surface area contributed by atoms with Crippen LogP contribution in [0, 0.1) is 24.7 Å². The van der Waals surface area contributed by atoms with Gasteiger partial charge in [-0.15, -0.1) is 10.2 Å². The Hall–Kier alpha value is -4.06. The first kappa shape index (κ1) is 29.9. The molecule has 1 aliphatic rings. The minimum Gasteiger partial charge on any atom is -0.338 e. The summed E-state index contributed by atoms with van der Waals surface area (Å²) in [5, 5.41) is 25.2. The molecule has 2 atom stereocenters. The molecule has 0 radical (unpaired) electrons. The Balaban J connectivity index is 1.59. The van der Waals surface area contributed by atoms with Crippen molar-refractivity contribution in [1.29, 1.82) is 0 Å². The summed E-state index contributed by atoms with van der Waals surface area (Å²) in [5.41, 5.74) is -0.506. The summed E-state index contributed by atoms with van der Waals surface area (Å²) in [7, 11) is 0. The molecule has 41 heavy (non-hydrogen) atoms. The van der Waals surface area contributed by atoms with Crippen LogP contribution in [0.5, 0.6) is 0 Å². The van der Waals surface area contributed by atoms with E-state index < -0.39 is 66.9 Å². The zero-order valence-corrected chi connectivity index (χ0v) is 21.8. The van der Waals surface area contributed by atoms with Crippen LogP contribution in [0.4, 0.5) is 32.0 Å². The highest BCUT2D eigenvalue weighted by Gasteiger charge is 2.36. The minimum atomic E-state index is -4.77. The van der Waals surface area contributed by atoms with Crippen molar-refractivity contribution >= 4 is 17.5 Å². The molecule has 2 amide bonds. The van der Waals surface area contributed by atoms with Crippen LogP contribution in [0.3, 0.4) is 0 Å². The number of halogens is 6. The minimum absolute atomic E-state index is 0.141. The summed E-state index contributed by atoms with van der Waals surface area (Å²) in [4.78, 5) is 26.2. The van der Waals surface area contributed by atoms with Gasteiger partial charge < -0.3 is 10.6 Å². The third kappa shape index (κ3) is 7.37. The molecule has 3 heterocycles. The maximum Gasteiger partial charge on any atom is 0.408 e. The van der Waals surface area contributed by atoms with Crippen LogP contribution in [-0.4, -0.2) is 70.8 Å². The topological polar surface area (TPSA) is 159 Å². The second-order valence-electron chi connectivity index (χ2n) is 9.92. The van der Waals surface area contributed by atoms with E-state index in [9.17, 15) is 35.9 Å². The first-order valence-corrected chi connectivity index (χ1v) is 12.6. The van der Waals surface area contributed by atoms with Crippen molar-refractivity contribution in [3.05, 3.63) is 29.4 Å². The summed E-state index contributed by atoms with van der Waals surface area (Å²) < 4.78 is 86.0. The molecule has 1 saturated carbocycles. The van der Waals surface area contributed by atoms with Crippen LogP contribution in [-0.2, 0) is 11.3 Å². The average molecular weight is 593 g/mol. The maximum absolute atomic E-state index is 14.9. The normalized spacial score (nSPS) is 19.2. The third-order valence-corrected chi connectivity index (χ3v) is 6.82. The van der Waals surface area contributed by atoms with Gasteiger partial charge in [-0.1, -0.05) is 24.9 Å². The average Bonchev–Trinajstić information content (AvgIpc) is 3.61. The van der Waals surface area contributed by atoms with Gasteiger partial charge in [0.1, 0.15) is 30.0 Å². The van der Waals surface area contributed by atoms with Crippen molar-refractivity contribution in [3.63, 3.8) is 0 Å². The molecule has 3 aromatic rings. The molecule has 13 nitrogen and oxygen atoms in total. The molecule has 4 rings (SSSR count). The predicted octanol–water partition coefficient (Wildman–Crippen LogP) is 3.07. The number of aryl methyl sites for hydroxylation is 1. The Morgan fingerprint density at radius 2 is 1.88 bits per heavy atom. The number of tetrazole rings is 1. The van der Waals surface area contributed by atoms with E-state index in [1.165, 1.54) is 6.92 Å². The largest absolute Gasteiger partial charge is 0.408 e. The molecule has 0 spiro atoms. The number of alkyl halides is 5. The van der Waals surface area contributed by atoms with Crippen LogP contribution in [0.1, 0.15) is 67.1 Å². The molecule has 0 saturated heterocycles. The highest BCUT2D eigenvalue weighted by Crippen LogP contribution is 2.32. The smallest absolute Gasteiger partial charge is 0.338 e. The van der Waals surface area contributed by atoms with Gasteiger partial charge in [-0.2, -0.15) is 17.6 Å². The number of hydrogen-bond acceptors (Lipinski definition) is 9. The van der Waals surface area contributed by atoms with Crippen molar-refractivity contribution < 1.29 is 40.6 Å². The molecular weight excluding hydrogens is 566 g/mol. The van der Waals surface area contributed by atoms with Crippen LogP contribution in [0.2, 0.25) is 0 Å². The van der Waals surface area contributed by atoms with Crippen molar-refractivity contribution in [2.24, 2.45) is 11.8 Å². The van der Waals surface area contributed by atoms with Gasteiger partial charge in [0.2, 0.25) is 12.3 Å². The van der Waals surface area contributed by atoms with Crippen molar-refractivity contribution in [2.45, 2.75) is 77.2 Å². The number of anilines is 1. The fraction of sp³-hybridized carbons (Fsp3) is 0.636. The predicted molar refractivity (Wildman–Crippen MR) is 125 cm³/mol. The lowest BCUT2D eigenvalue weighted by atomic mass is 9.79. The van der Waals surface area contributed by atoms with Gasteiger partial charge in [0.15, 0.2) is 11.5 Å². The molecule has 3 aromatic heterocycles. The number of carbonyl (C=O) groups excluding carboxylic acids is 2. The molecule has 1 unspecified atom stereocenters. The first-order valence-electron chi connectivity index (χ1n) is 12.6. The maximum atomic E-state index is 14.9. The number of aromatic nitrogens is 8. The van der Waals surface area contributed by atoms with Gasteiger partial charge in [0.05, 0.1) is 6.20 Å². The van der Waals surface area contributed by atoms with Crippen molar-refractivity contribution in [3.8, 4) is 0 Å². The fourth-order valence-corrected chi connectivity index (χ4v) is 4.72. The Kier molecular flexibility index (Phi) is 8.91. The lowest BCUT2D eigenvalue weighted by Crippen LogP contribution is -2.49. The number of nitrogens with one attached hydrogen (secondary N) is 2. The van der Waals surface area contributed by atoms with Crippen LogP contribution >= 0.6 is 0 Å². The van der Waals surface area contributed by atoms with Crippen LogP contribution in [0.25, 0.3) is 0 Å². The van der Waals surface area contributed by atoms with E-state index in [0.717, 1.165) is 19.0 Å². The fourth-order valence-electron chi connectivity index (χ4n) is 4.72. The van der Waals surface area contributed by atoms with Gasteiger partial charge in [0.25, 0.3) is 11.9 Å².